The van der Waals surface area contributed by atoms with Crippen molar-refractivity contribution in [2.75, 3.05) is 5.32 Å². The van der Waals surface area contributed by atoms with Crippen molar-refractivity contribution in [1.82, 2.24) is 5.32 Å². The van der Waals surface area contributed by atoms with Crippen LogP contribution in [0.1, 0.15) is 19.4 Å². The minimum Gasteiger partial charge on any atom is -0.345 e. The predicted octanol–water partition coefficient (Wildman–Crippen LogP) is 1.78. The number of nitrogens with zero attached hydrogens (tertiary/aromatic N) is 1. The van der Waals surface area contributed by atoms with Gasteiger partial charge in [0.1, 0.15) is 12.1 Å². The van der Waals surface area contributed by atoms with E-state index < -0.39 is 6.04 Å². The maximum Gasteiger partial charge on any atom is 0.246 e. The van der Waals surface area contributed by atoms with Gasteiger partial charge in [0.25, 0.3) is 0 Å². The Kier molecular flexibility index (Phi) is 4.86. The van der Waals surface area contributed by atoms with Crippen molar-refractivity contribution in [2.45, 2.75) is 19.9 Å². The van der Waals surface area contributed by atoms with Crippen LogP contribution in [-0.4, -0.2) is 17.9 Å². The number of benzene rings is 1. The van der Waals surface area contributed by atoms with E-state index in [0.717, 1.165) is 0 Å². The first-order valence-corrected chi connectivity index (χ1v) is 6.01. The van der Waals surface area contributed by atoms with Crippen molar-refractivity contribution in [1.29, 1.82) is 5.26 Å². The zero-order valence-corrected chi connectivity index (χ0v) is 11.5. The molecule has 0 aliphatic heterocycles. The molecule has 1 unspecified atom stereocenters. The molecule has 0 saturated heterocycles. The first-order valence-electron chi connectivity index (χ1n) is 5.21. The Labute approximate surface area is 113 Å². The van der Waals surface area contributed by atoms with E-state index in [0.29, 0.717) is 15.7 Å². The molecule has 0 aromatic heterocycles. The number of anilines is 1. The molecule has 0 spiro atoms. The average molecular weight is 310 g/mol. The number of halogens is 1. The first kappa shape index (κ1) is 14.2. The molecule has 1 atom stereocenters. The van der Waals surface area contributed by atoms with E-state index in [4.69, 9.17) is 5.26 Å². The summed E-state index contributed by atoms with van der Waals surface area (Å²) >= 11 is 3.23. The van der Waals surface area contributed by atoms with Gasteiger partial charge in [-0.3, -0.25) is 9.59 Å². The number of rotatable bonds is 3. The highest BCUT2D eigenvalue weighted by Crippen LogP contribution is 2.20. The van der Waals surface area contributed by atoms with Crippen LogP contribution in [0.25, 0.3) is 0 Å². The molecule has 0 aliphatic rings. The van der Waals surface area contributed by atoms with Gasteiger partial charge < -0.3 is 10.6 Å². The second-order valence-corrected chi connectivity index (χ2v) is 4.57. The zero-order chi connectivity index (χ0) is 13.7. The summed E-state index contributed by atoms with van der Waals surface area (Å²) in [7, 11) is 0. The molecule has 0 bridgehead atoms. The fourth-order valence-corrected chi connectivity index (χ4v) is 1.64. The third-order valence-corrected chi connectivity index (χ3v) is 2.86. The number of amides is 2. The summed E-state index contributed by atoms with van der Waals surface area (Å²) in [4.78, 5) is 22.5. The quantitative estimate of drug-likeness (QED) is 0.893. The van der Waals surface area contributed by atoms with Gasteiger partial charge in [0, 0.05) is 17.1 Å². The number of nitriles is 1. The van der Waals surface area contributed by atoms with Crippen LogP contribution in [0.4, 0.5) is 5.69 Å². The molecule has 0 heterocycles. The van der Waals surface area contributed by atoms with Gasteiger partial charge in [0.2, 0.25) is 11.8 Å². The number of hydrogen-bond donors (Lipinski definition) is 2. The van der Waals surface area contributed by atoms with Crippen LogP contribution in [0.5, 0.6) is 0 Å². The highest BCUT2D eigenvalue weighted by molar-refractivity contribution is 9.10. The lowest BCUT2D eigenvalue weighted by Crippen LogP contribution is -2.40. The molecule has 0 aliphatic carbocycles. The Balaban J connectivity index is 2.76. The molecule has 1 aromatic carbocycles. The van der Waals surface area contributed by atoms with E-state index in [1.165, 1.54) is 6.92 Å². The number of nitrogens with one attached hydrogen (secondary N) is 2. The lowest BCUT2D eigenvalue weighted by molar-refractivity contribution is -0.124. The molecule has 0 saturated carbocycles. The van der Waals surface area contributed by atoms with Gasteiger partial charge in [0.05, 0.1) is 5.56 Å². The smallest absolute Gasteiger partial charge is 0.246 e. The van der Waals surface area contributed by atoms with Crippen molar-refractivity contribution >= 4 is 33.4 Å². The maximum atomic E-state index is 11.7. The summed E-state index contributed by atoms with van der Waals surface area (Å²) < 4.78 is 0.665. The molecule has 2 amide bonds. The summed E-state index contributed by atoms with van der Waals surface area (Å²) in [6.07, 6.45) is 0. The molecule has 0 radical (unpaired) electrons. The molecule has 1 aromatic rings. The fraction of sp³-hybridized carbons (Fsp3) is 0.250. The highest BCUT2D eigenvalue weighted by atomic mass is 79.9. The van der Waals surface area contributed by atoms with Crippen LogP contribution < -0.4 is 10.6 Å². The molecule has 18 heavy (non-hydrogen) atoms. The lowest BCUT2D eigenvalue weighted by atomic mass is 10.2. The highest BCUT2D eigenvalue weighted by Gasteiger charge is 2.14. The SMILES string of the molecule is CC(=O)NC(C)C(=O)Nc1ccc(Br)c(C#N)c1. The maximum absolute atomic E-state index is 11.7. The number of hydrogen-bond acceptors (Lipinski definition) is 3. The Morgan fingerprint density at radius 2 is 2.11 bits per heavy atom. The lowest BCUT2D eigenvalue weighted by Gasteiger charge is -2.13. The van der Waals surface area contributed by atoms with E-state index >= 15 is 0 Å². The molecular weight excluding hydrogens is 298 g/mol. The van der Waals surface area contributed by atoms with Crippen LogP contribution in [0.2, 0.25) is 0 Å². The summed E-state index contributed by atoms with van der Waals surface area (Å²) in [5.41, 5.74) is 0.942. The normalized spacial score (nSPS) is 11.2. The van der Waals surface area contributed by atoms with Gasteiger partial charge in [0.15, 0.2) is 0 Å². The Bertz CT molecular complexity index is 523. The second-order valence-electron chi connectivity index (χ2n) is 3.72. The third kappa shape index (κ3) is 3.86. The standard InChI is InChI=1S/C12H12BrN3O2/c1-7(15-8(2)17)12(18)16-10-3-4-11(13)9(5-10)6-14/h3-5,7H,1-2H3,(H,15,17)(H,16,18). The Morgan fingerprint density at radius 1 is 1.44 bits per heavy atom. The molecule has 94 valence electrons. The van der Waals surface area contributed by atoms with Gasteiger partial charge in [-0.2, -0.15) is 5.26 Å². The third-order valence-electron chi connectivity index (χ3n) is 2.17. The molecular formula is C12H12BrN3O2. The monoisotopic (exact) mass is 309 g/mol. The van der Waals surface area contributed by atoms with Crippen LogP contribution in [-0.2, 0) is 9.59 Å². The van der Waals surface area contributed by atoms with E-state index in [1.54, 1.807) is 25.1 Å². The summed E-state index contributed by atoms with van der Waals surface area (Å²) in [5, 5.41) is 14.0. The number of carbonyl (C=O) groups excluding carboxylic acids is 2. The largest absolute Gasteiger partial charge is 0.345 e. The van der Waals surface area contributed by atoms with Crippen LogP contribution in [0.15, 0.2) is 22.7 Å². The number of carbonyl (C=O) groups is 2. The summed E-state index contributed by atoms with van der Waals surface area (Å²) in [6.45, 7) is 2.93. The van der Waals surface area contributed by atoms with Crippen molar-refractivity contribution in [3.8, 4) is 6.07 Å². The van der Waals surface area contributed by atoms with Crippen molar-refractivity contribution < 1.29 is 9.59 Å². The zero-order valence-electron chi connectivity index (χ0n) is 9.95. The minimum absolute atomic E-state index is 0.272. The average Bonchev–Trinajstić information content (AvgIpc) is 2.30. The van der Waals surface area contributed by atoms with Gasteiger partial charge in [-0.05, 0) is 41.1 Å². The van der Waals surface area contributed by atoms with Crippen molar-refractivity contribution in [2.24, 2.45) is 0 Å². The first-order chi connectivity index (χ1) is 8.43. The van der Waals surface area contributed by atoms with Crippen LogP contribution >= 0.6 is 15.9 Å². The van der Waals surface area contributed by atoms with E-state index in [1.807, 2.05) is 6.07 Å². The van der Waals surface area contributed by atoms with Crippen molar-refractivity contribution in [3.63, 3.8) is 0 Å². The second kappa shape index (κ2) is 6.17. The van der Waals surface area contributed by atoms with E-state index in [-0.39, 0.29) is 11.8 Å². The summed E-state index contributed by atoms with van der Waals surface area (Å²) in [5.74, 6) is -0.609. The fourth-order valence-electron chi connectivity index (χ4n) is 1.31. The minimum atomic E-state index is -0.628. The summed E-state index contributed by atoms with van der Waals surface area (Å²) in [6, 6.07) is 6.28. The molecule has 5 nitrogen and oxygen atoms in total. The Morgan fingerprint density at radius 3 is 2.67 bits per heavy atom. The Hall–Kier alpha value is -1.87. The van der Waals surface area contributed by atoms with Gasteiger partial charge in [-0.15, -0.1) is 0 Å². The molecule has 6 heteroatoms. The van der Waals surface area contributed by atoms with Crippen molar-refractivity contribution in [3.05, 3.63) is 28.2 Å². The van der Waals surface area contributed by atoms with Crippen LogP contribution in [0, 0.1) is 11.3 Å². The van der Waals surface area contributed by atoms with E-state index in [2.05, 4.69) is 26.6 Å². The van der Waals surface area contributed by atoms with E-state index in [9.17, 15) is 9.59 Å². The molecule has 1 rings (SSSR count). The van der Waals surface area contributed by atoms with Gasteiger partial charge in [-0.25, -0.2) is 0 Å². The van der Waals surface area contributed by atoms with Gasteiger partial charge in [-0.1, -0.05) is 0 Å². The topological polar surface area (TPSA) is 82.0 Å². The molecule has 2 N–H and O–H groups in total. The predicted molar refractivity (Wildman–Crippen MR) is 70.8 cm³/mol. The van der Waals surface area contributed by atoms with Crippen LogP contribution in [0.3, 0.4) is 0 Å². The molecule has 0 fully saturated rings. The van der Waals surface area contributed by atoms with Gasteiger partial charge >= 0.3 is 0 Å².